The van der Waals surface area contributed by atoms with Gasteiger partial charge in [-0.2, -0.15) is 0 Å². The fourth-order valence-electron chi connectivity index (χ4n) is 3.89. The van der Waals surface area contributed by atoms with E-state index < -0.39 is 5.91 Å². The molecule has 3 amide bonds. The van der Waals surface area contributed by atoms with Gasteiger partial charge >= 0.3 is 0 Å². The van der Waals surface area contributed by atoms with Crippen LogP contribution in [0.4, 0.5) is 11.4 Å². The molecule has 0 saturated carbocycles. The highest BCUT2D eigenvalue weighted by Gasteiger charge is 2.15. The molecule has 0 heterocycles. The van der Waals surface area contributed by atoms with Gasteiger partial charge in [0.1, 0.15) is 5.70 Å². The van der Waals surface area contributed by atoms with Crippen molar-refractivity contribution in [3.8, 4) is 0 Å². The van der Waals surface area contributed by atoms with Gasteiger partial charge in [-0.05, 0) is 97.3 Å². The van der Waals surface area contributed by atoms with Gasteiger partial charge in [0.05, 0.1) is 5.75 Å². The maximum atomic E-state index is 13.2. The van der Waals surface area contributed by atoms with Crippen LogP contribution in [0.25, 0.3) is 6.08 Å². The molecule has 4 aromatic carbocycles. The quantitative estimate of drug-likeness (QED) is 0.137. The molecular weight excluding hydrogens is 586 g/mol. The SMILES string of the molecule is Cc1cc(C)cc(NC(=O)CSc2ccc(NC(=O)/C(=C/c3ccc(Br)cc3)NC(=O)c3ccccc3)cc2)c1. The lowest BCUT2D eigenvalue weighted by Gasteiger charge is -2.12. The summed E-state index contributed by atoms with van der Waals surface area (Å²) < 4.78 is 0.907. The van der Waals surface area contributed by atoms with Crippen molar-refractivity contribution in [2.24, 2.45) is 0 Å². The van der Waals surface area contributed by atoms with E-state index in [9.17, 15) is 14.4 Å². The zero-order chi connectivity index (χ0) is 28.5. The van der Waals surface area contributed by atoms with Gasteiger partial charge < -0.3 is 16.0 Å². The maximum absolute atomic E-state index is 13.2. The Morgan fingerprint density at radius 1 is 0.775 bits per heavy atom. The summed E-state index contributed by atoms with van der Waals surface area (Å²) in [4.78, 5) is 39.3. The number of aryl methyl sites for hydroxylation is 2. The Morgan fingerprint density at radius 3 is 2.08 bits per heavy atom. The number of amides is 3. The molecule has 0 aliphatic heterocycles. The average molecular weight is 615 g/mol. The zero-order valence-corrected chi connectivity index (χ0v) is 24.4. The lowest BCUT2D eigenvalue weighted by atomic mass is 10.1. The third kappa shape index (κ3) is 8.69. The highest BCUT2D eigenvalue weighted by Crippen LogP contribution is 2.22. The summed E-state index contributed by atoms with van der Waals surface area (Å²) in [6, 6.07) is 29.3. The second-order valence-corrected chi connectivity index (χ2v) is 11.1. The molecule has 0 radical (unpaired) electrons. The van der Waals surface area contributed by atoms with E-state index in [0.29, 0.717) is 11.3 Å². The number of thioether (sulfide) groups is 1. The molecule has 0 atom stereocenters. The van der Waals surface area contributed by atoms with Crippen LogP contribution in [0.5, 0.6) is 0 Å². The summed E-state index contributed by atoms with van der Waals surface area (Å²) in [5.74, 6) is -0.681. The fourth-order valence-corrected chi connectivity index (χ4v) is 4.86. The van der Waals surface area contributed by atoms with Gasteiger partial charge in [0.2, 0.25) is 5.91 Å². The number of hydrogen-bond acceptors (Lipinski definition) is 4. The Labute approximate surface area is 246 Å². The Hall–Kier alpha value is -4.14. The van der Waals surface area contributed by atoms with Gasteiger partial charge in [-0.3, -0.25) is 14.4 Å². The number of carbonyl (C=O) groups excluding carboxylic acids is 3. The van der Waals surface area contributed by atoms with Crippen LogP contribution in [0.2, 0.25) is 0 Å². The van der Waals surface area contributed by atoms with Crippen molar-refractivity contribution >= 4 is 62.9 Å². The topological polar surface area (TPSA) is 87.3 Å². The summed E-state index contributed by atoms with van der Waals surface area (Å²) >= 11 is 4.81. The van der Waals surface area contributed by atoms with Gasteiger partial charge in [0.15, 0.2) is 0 Å². The van der Waals surface area contributed by atoms with Gasteiger partial charge in [-0.1, -0.05) is 52.3 Å². The number of benzene rings is 4. The Morgan fingerprint density at radius 2 is 1.43 bits per heavy atom. The van der Waals surface area contributed by atoms with E-state index in [1.54, 1.807) is 42.5 Å². The third-order valence-corrected chi connectivity index (χ3v) is 7.24. The minimum Gasteiger partial charge on any atom is -0.325 e. The van der Waals surface area contributed by atoms with Crippen molar-refractivity contribution < 1.29 is 14.4 Å². The van der Waals surface area contributed by atoms with Crippen molar-refractivity contribution in [1.29, 1.82) is 0 Å². The first kappa shape index (κ1) is 28.9. The van der Waals surface area contributed by atoms with Crippen LogP contribution in [-0.2, 0) is 9.59 Å². The molecule has 202 valence electrons. The van der Waals surface area contributed by atoms with Crippen LogP contribution in [0.3, 0.4) is 0 Å². The van der Waals surface area contributed by atoms with Gasteiger partial charge in [-0.25, -0.2) is 0 Å². The summed E-state index contributed by atoms with van der Waals surface area (Å²) in [6.07, 6.45) is 1.63. The number of halogens is 1. The predicted molar refractivity (Wildman–Crippen MR) is 166 cm³/mol. The predicted octanol–water partition coefficient (Wildman–Crippen LogP) is 7.21. The molecule has 8 heteroatoms. The highest BCUT2D eigenvalue weighted by atomic mass is 79.9. The Bertz CT molecular complexity index is 1520. The molecule has 0 unspecified atom stereocenters. The van der Waals surface area contributed by atoms with E-state index in [1.807, 2.05) is 68.4 Å². The summed E-state index contributed by atoms with van der Waals surface area (Å²) in [6.45, 7) is 3.99. The molecule has 0 bridgehead atoms. The second kappa shape index (κ2) is 13.8. The summed E-state index contributed by atoms with van der Waals surface area (Å²) in [7, 11) is 0. The zero-order valence-electron chi connectivity index (χ0n) is 22.0. The van der Waals surface area contributed by atoms with Crippen molar-refractivity contribution in [2.45, 2.75) is 18.7 Å². The molecule has 0 fully saturated rings. The van der Waals surface area contributed by atoms with E-state index >= 15 is 0 Å². The largest absolute Gasteiger partial charge is 0.325 e. The van der Waals surface area contributed by atoms with Crippen LogP contribution in [0.1, 0.15) is 27.0 Å². The highest BCUT2D eigenvalue weighted by molar-refractivity contribution is 9.10. The van der Waals surface area contributed by atoms with Crippen molar-refractivity contribution in [3.63, 3.8) is 0 Å². The molecule has 4 aromatic rings. The first-order chi connectivity index (χ1) is 19.2. The van der Waals surface area contributed by atoms with Crippen LogP contribution < -0.4 is 16.0 Å². The van der Waals surface area contributed by atoms with Crippen LogP contribution in [0.15, 0.2) is 112 Å². The van der Waals surface area contributed by atoms with Gasteiger partial charge in [0, 0.05) is 26.3 Å². The monoisotopic (exact) mass is 613 g/mol. The Kier molecular flexibility index (Phi) is 9.94. The molecule has 0 aliphatic rings. The van der Waals surface area contributed by atoms with Crippen molar-refractivity contribution in [1.82, 2.24) is 5.32 Å². The van der Waals surface area contributed by atoms with E-state index in [-0.39, 0.29) is 23.3 Å². The normalized spacial score (nSPS) is 11.0. The number of carbonyl (C=O) groups is 3. The molecule has 0 saturated heterocycles. The molecule has 0 aliphatic carbocycles. The molecule has 4 rings (SSSR count). The smallest absolute Gasteiger partial charge is 0.272 e. The van der Waals surface area contributed by atoms with Crippen LogP contribution in [0, 0.1) is 13.8 Å². The molecule has 0 spiro atoms. The first-order valence-corrected chi connectivity index (χ1v) is 14.3. The minimum absolute atomic E-state index is 0.0933. The number of hydrogen-bond donors (Lipinski definition) is 3. The van der Waals surface area contributed by atoms with Crippen molar-refractivity contribution in [3.05, 3.63) is 129 Å². The summed E-state index contributed by atoms with van der Waals surface area (Å²) in [5, 5.41) is 8.52. The lowest BCUT2D eigenvalue weighted by Crippen LogP contribution is -2.30. The number of rotatable bonds is 9. The van der Waals surface area contributed by atoms with Crippen LogP contribution >= 0.6 is 27.7 Å². The molecular formula is C32H28BrN3O3S. The molecule has 0 aromatic heterocycles. The van der Waals surface area contributed by atoms with Gasteiger partial charge in [0.25, 0.3) is 11.8 Å². The second-order valence-electron chi connectivity index (χ2n) is 9.12. The van der Waals surface area contributed by atoms with Crippen molar-refractivity contribution in [2.75, 3.05) is 16.4 Å². The van der Waals surface area contributed by atoms with E-state index in [1.165, 1.54) is 11.8 Å². The molecule has 6 nitrogen and oxygen atoms in total. The lowest BCUT2D eigenvalue weighted by molar-refractivity contribution is -0.114. The third-order valence-electron chi connectivity index (χ3n) is 5.70. The van der Waals surface area contributed by atoms with E-state index in [4.69, 9.17) is 0 Å². The number of anilines is 2. The van der Waals surface area contributed by atoms with Crippen LogP contribution in [-0.4, -0.2) is 23.5 Å². The minimum atomic E-state index is -0.458. The van der Waals surface area contributed by atoms with E-state index in [0.717, 1.165) is 31.7 Å². The Balaban J connectivity index is 1.40. The molecule has 40 heavy (non-hydrogen) atoms. The van der Waals surface area contributed by atoms with Gasteiger partial charge in [-0.15, -0.1) is 11.8 Å². The average Bonchev–Trinajstić information content (AvgIpc) is 2.93. The fraction of sp³-hybridized carbons (Fsp3) is 0.0938. The first-order valence-electron chi connectivity index (χ1n) is 12.5. The summed E-state index contributed by atoms with van der Waals surface area (Å²) in [5.41, 5.74) is 4.84. The van der Waals surface area contributed by atoms with E-state index in [2.05, 4.69) is 37.9 Å². The molecule has 3 N–H and O–H groups in total. The number of nitrogens with one attached hydrogen (secondary N) is 3. The maximum Gasteiger partial charge on any atom is 0.272 e. The standard InChI is InChI=1S/C32H28BrN3O3S/c1-21-16-22(2)18-27(17-21)34-30(37)20-40-28-14-12-26(13-15-28)35-32(39)29(19-23-8-10-25(33)11-9-23)36-31(38)24-6-4-3-5-7-24/h3-19H,20H2,1-2H3,(H,34,37)(H,35,39)(H,36,38)/b29-19-.